The van der Waals surface area contributed by atoms with Crippen LogP contribution in [0, 0.1) is 30.4 Å². The molecule has 39 heavy (non-hydrogen) atoms. The van der Waals surface area contributed by atoms with Crippen molar-refractivity contribution < 1.29 is 18.3 Å². The van der Waals surface area contributed by atoms with Crippen LogP contribution in [-0.4, -0.2) is 49.9 Å². The zero-order valence-corrected chi connectivity index (χ0v) is 22.4. The summed E-state index contributed by atoms with van der Waals surface area (Å²) < 4.78 is 34.3. The predicted octanol–water partition coefficient (Wildman–Crippen LogP) is 4.59. The third-order valence-electron chi connectivity index (χ3n) is 7.16. The van der Waals surface area contributed by atoms with Crippen LogP contribution in [0.5, 0.6) is 5.88 Å². The SMILES string of the molecule is Cc1nc(-c2ncccn2)sc1C(=O)N1CC2C(C1)C2Oc1cc(C(C)(C)N)cc(-c2ccc(F)cc2F)n1. The van der Waals surface area contributed by atoms with Gasteiger partial charge in [-0.1, -0.05) is 0 Å². The number of thiazole rings is 1. The van der Waals surface area contributed by atoms with E-state index in [1.54, 1.807) is 30.6 Å². The Morgan fingerprint density at radius 3 is 2.49 bits per heavy atom. The van der Waals surface area contributed by atoms with Gasteiger partial charge < -0.3 is 15.4 Å². The molecule has 0 bridgehead atoms. The highest BCUT2D eigenvalue weighted by molar-refractivity contribution is 7.17. The van der Waals surface area contributed by atoms with E-state index in [2.05, 4.69) is 19.9 Å². The smallest absolute Gasteiger partial charge is 0.265 e. The predicted molar refractivity (Wildman–Crippen MR) is 142 cm³/mol. The van der Waals surface area contributed by atoms with Crippen LogP contribution in [-0.2, 0) is 5.54 Å². The van der Waals surface area contributed by atoms with Crippen molar-refractivity contribution in [3.05, 3.63) is 76.6 Å². The number of carbonyl (C=O) groups is 1. The van der Waals surface area contributed by atoms with Crippen LogP contribution < -0.4 is 10.5 Å². The van der Waals surface area contributed by atoms with Gasteiger partial charge in [0.2, 0.25) is 5.88 Å². The molecule has 4 heterocycles. The number of benzene rings is 1. The number of hydrogen-bond acceptors (Lipinski definition) is 8. The lowest BCUT2D eigenvalue weighted by molar-refractivity contribution is 0.0755. The summed E-state index contributed by atoms with van der Waals surface area (Å²) in [5, 5.41) is 0.615. The molecule has 8 nitrogen and oxygen atoms in total. The van der Waals surface area contributed by atoms with E-state index in [0.717, 1.165) is 6.07 Å². The fourth-order valence-electron chi connectivity index (χ4n) is 4.97. The summed E-state index contributed by atoms with van der Waals surface area (Å²) in [6.45, 7) is 6.61. The molecule has 4 aromatic rings. The number of rotatable bonds is 6. The van der Waals surface area contributed by atoms with Gasteiger partial charge in [-0.05, 0) is 50.6 Å². The van der Waals surface area contributed by atoms with E-state index in [-0.39, 0.29) is 29.4 Å². The first-order valence-corrected chi connectivity index (χ1v) is 13.4. The highest BCUT2D eigenvalue weighted by Gasteiger charge is 2.59. The minimum absolute atomic E-state index is 0.0581. The third-order valence-corrected chi connectivity index (χ3v) is 8.30. The fraction of sp³-hybridized carbons (Fsp3) is 0.321. The van der Waals surface area contributed by atoms with Crippen LogP contribution in [0.25, 0.3) is 22.1 Å². The number of halogens is 2. The molecule has 2 fully saturated rings. The van der Waals surface area contributed by atoms with Crippen molar-refractivity contribution in [3.63, 3.8) is 0 Å². The van der Waals surface area contributed by atoms with Crippen LogP contribution in [0.15, 0.2) is 48.8 Å². The minimum Gasteiger partial charge on any atom is -0.474 e. The molecule has 1 aliphatic heterocycles. The summed E-state index contributed by atoms with van der Waals surface area (Å²) in [6.07, 6.45) is 3.18. The first-order chi connectivity index (χ1) is 18.6. The summed E-state index contributed by atoms with van der Waals surface area (Å²) in [5.74, 6) is -0.269. The molecule has 1 saturated carbocycles. The first-order valence-electron chi connectivity index (χ1n) is 12.6. The zero-order chi connectivity index (χ0) is 27.5. The topological polar surface area (TPSA) is 107 Å². The van der Waals surface area contributed by atoms with Crippen LogP contribution in [0.4, 0.5) is 8.78 Å². The van der Waals surface area contributed by atoms with Crippen LogP contribution in [0.1, 0.15) is 34.8 Å². The second-order valence-electron chi connectivity index (χ2n) is 10.6. The van der Waals surface area contributed by atoms with Gasteiger partial charge in [-0.25, -0.2) is 28.7 Å². The van der Waals surface area contributed by atoms with Crippen molar-refractivity contribution in [2.75, 3.05) is 13.1 Å². The number of amides is 1. The highest BCUT2D eigenvalue weighted by Crippen LogP contribution is 2.48. The van der Waals surface area contributed by atoms with E-state index in [0.29, 0.717) is 51.6 Å². The molecule has 1 saturated heterocycles. The monoisotopic (exact) mass is 548 g/mol. The Morgan fingerprint density at radius 1 is 1.10 bits per heavy atom. The maximum Gasteiger partial charge on any atom is 0.265 e. The molecule has 2 atom stereocenters. The number of nitrogens with zero attached hydrogens (tertiary/aromatic N) is 5. The number of aromatic nitrogens is 4. The van der Waals surface area contributed by atoms with Gasteiger partial charge >= 0.3 is 0 Å². The number of ether oxygens (including phenoxy) is 1. The number of likely N-dealkylation sites (tertiary alicyclic amines) is 1. The van der Waals surface area contributed by atoms with Gasteiger partial charge in [0.15, 0.2) is 10.8 Å². The molecule has 1 aliphatic carbocycles. The number of pyridine rings is 1. The molecule has 200 valence electrons. The molecular weight excluding hydrogens is 522 g/mol. The Hall–Kier alpha value is -3.83. The molecule has 2 unspecified atom stereocenters. The minimum atomic E-state index is -0.731. The molecule has 11 heteroatoms. The summed E-state index contributed by atoms with van der Waals surface area (Å²) in [4.78, 5) is 33.2. The average Bonchev–Trinajstić information content (AvgIpc) is 3.21. The first kappa shape index (κ1) is 25.4. The molecule has 1 amide bonds. The number of aryl methyl sites for hydroxylation is 1. The lowest BCUT2D eigenvalue weighted by Gasteiger charge is -2.22. The van der Waals surface area contributed by atoms with Crippen molar-refractivity contribution in [2.24, 2.45) is 17.6 Å². The second-order valence-corrected chi connectivity index (χ2v) is 11.6. The van der Waals surface area contributed by atoms with Crippen molar-refractivity contribution >= 4 is 17.2 Å². The van der Waals surface area contributed by atoms with E-state index in [1.807, 2.05) is 25.7 Å². The number of carbonyl (C=O) groups excluding carboxylic acids is 1. The number of hydrogen-bond donors (Lipinski definition) is 1. The molecular formula is C28H26F2N6O2S. The normalized spacial score (nSPS) is 20.2. The quantitative estimate of drug-likeness (QED) is 0.376. The van der Waals surface area contributed by atoms with Crippen LogP contribution in [0.2, 0.25) is 0 Å². The van der Waals surface area contributed by atoms with Gasteiger partial charge in [-0.2, -0.15) is 0 Å². The third kappa shape index (κ3) is 4.87. The Morgan fingerprint density at radius 2 is 1.82 bits per heavy atom. The van der Waals surface area contributed by atoms with E-state index in [1.165, 1.54) is 23.5 Å². The Labute approximate surface area is 227 Å². The van der Waals surface area contributed by atoms with Crippen molar-refractivity contribution in [3.8, 4) is 28.0 Å². The molecule has 6 rings (SSSR count). The maximum atomic E-state index is 14.5. The molecule has 2 N–H and O–H groups in total. The largest absolute Gasteiger partial charge is 0.474 e. The molecule has 2 aliphatic rings. The molecule has 1 aromatic carbocycles. The number of nitrogens with two attached hydrogens (primary N) is 1. The van der Waals surface area contributed by atoms with Crippen LogP contribution >= 0.6 is 11.3 Å². The standard InChI is InChI=1S/C28H26F2N6O2S/c1-14-24(39-26(34-14)25-32-7-4-8-33-25)27(37)36-12-18-19(13-36)23(18)38-22-10-15(28(2,3)31)9-21(35-22)17-6-5-16(29)11-20(17)30/h4-11,18-19,23H,12-13,31H2,1-3H3. The summed E-state index contributed by atoms with van der Waals surface area (Å²) in [5.41, 5.74) is 7.47. The summed E-state index contributed by atoms with van der Waals surface area (Å²) in [6, 6.07) is 8.57. The lowest BCUT2D eigenvalue weighted by Crippen LogP contribution is -2.33. The van der Waals surface area contributed by atoms with Crippen molar-refractivity contribution in [1.82, 2.24) is 24.8 Å². The Kier molecular flexibility index (Phi) is 6.15. The van der Waals surface area contributed by atoms with Gasteiger partial charge in [-0.3, -0.25) is 4.79 Å². The Balaban J connectivity index is 1.17. The molecule has 0 spiro atoms. The number of fused-ring (bicyclic) bond motifs is 1. The van der Waals surface area contributed by atoms with Gasteiger partial charge in [0.1, 0.15) is 22.6 Å². The van der Waals surface area contributed by atoms with Gasteiger partial charge in [0.25, 0.3) is 5.91 Å². The van der Waals surface area contributed by atoms with E-state index in [4.69, 9.17) is 10.5 Å². The number of piperidine rings is 1. The maximum absolute atomic E-state index is 14.5. The molecule has 3 aromatic heterocycles. The van der Waals surface area contributed by atoms with Gasteiger partial charge in [0, 0.05) is 60.6 Å². The zero-order valence-electron chi connectivity index (χ0n) is 21.6. The van der Waals surface area contributed by atoms with E-state index < -0.39 is 17.2 Å². The lowest BCUT2D eigenvalue weighted by atomic mass is 9.94. The summed E-state index contributed by atoms with van der Waals surface area (Å²) >= 11 is 1.30. The summed E-state index contributed by atoms with van der Waals surface area (Å²) in [7, 11) is 0. The van der Waals surface area contributed by atoms with E-state index in [9.17, 15) is 13.6 Å². The van der Waals surface area contributed by atoms with Gasteiger partial charge in [0.05, 0.1) is 11.4 Å². The molecule has 0 radical (unpaired) electrons. The Bertz CT molecular complexity index is 1560. The highest BCUT2D eigenvalue weighted by atomic mass is 32.1. The van der Waals surface area contributed by atoms with E-state index >= 15 is 0 Å². The van der Waals surface area contributed by atoms with Crippen molar-refractivity contribution in [2.45, 2.75) is 32.4 Å². The second kappa shape index (κ2) is 9.42. The average molecular weight is 549 g/mol. The fourth-order valence-corrected chi connectivity index (χ4v) is 5.95. The van der Waals surface area contributed by atoms with Crippen LogP contribution in [0.3, 0.4) is 0 Å². The van der Waals surface area contributed by atoms with Gasteiger partial charge in [-0.15, -0.1) is 11.3 Å². The van der Waals surface area contributed by atoms with Crippen molar-refractivity contribution in [1.29, 1.82) is 0 Å².